The average molecular weight is 557 g/mol. The van der Waals surface area contributed by atoms with Gasteiger partial charge in [0.25, 0.3) is 0 Å². The molecule has 8 nitrogen and oxygen atoms in total. The zero-order valence-corrected chi connectivity index (χ0v) is 24.4. The molecule has 2 heterocycles. The van der Waals surface area contributed by atoms with Crippen LogP contribution in [0.15, 0.2) is 35.6 Å². The van der Waals surface area contributed by atoms with E-state index in [1.807, 2.05) is 6.07 Å². The topological polar surface area (TPSA) is 121 Å². The summed E-state index contributed by atoms with van der Waals surface area (Å²) in [6.07, 6.45) is 10.3. The first-order valence-corrected chi connectivity index (χ1v) is 15.3. The molecule has 39 heavy (non-hydrogen) atoms. The number of fused-ring (bicyclic) bond motifs is 3. The smallest absolute Gasteiger partial charge is 0.303 e. The van der Waals surface area contributed by atoms with E-state index in [9.17, 15) is 17.8 Å². The molecule has 0 unspecified atom stereocenters. The Morgan fingerprint density at radius 2 is 1.87 bits per heavy atom. The summed E-state index contributed by atoms with van der Waals surface area (Å²) in [4.78, 5) is 16.4. The number of benzene rings is 1. The van der Waals surface area contributed by atoms with Crippen LogP contribution in [0.25, 0.3) is 11.6 Å². The molecule has 0 saturated carbocycles. The molecule has 3 aliphatic rings. The first-order chi connectivity index (χ1) is 18.2. The number of carboxylic acids is 1. The molecule has 0 radical (unpaired) electrons. The minimum atomic E-state index is -4.27. The maximum atomic E-state index is 11.2. The van der Waals surface area contributed by atoms with Gasteiger partial charge in [-0.15, -0.1) is 0 Å². The lowest BCUT2D eigenvalue weighted by Gasteiger charge is -2.44. The van der Waals surface area contributed by atoms with Crippen molar-refractivity contribution in [3.8, 4) is 5.75 Å². The molecular weight excluding hydrogens is 516 g/mol. The molecule has 1 aromatic carbocycles. The molecule has 1 aromatic rings. The van der Waals surface area contributed by atoms with Crippen LogP contribution >= 0.6 is 0 Å². The van der Waals surface area contributed by atoms with Crippen LogP contribution in [0.5, 0.6) is 5.75 Å². The number of allylic oxidation sites excluding steroid dienone is 3. The van der Waals surface area contributed by atoms with Gasteiger partial charge < -0.3 is 19.3 Å². The van der Waals surface area contributed by atoms with Crippen molar-refractivity contribution in [3.63, 3.8) is 0 Å². The van der Waals surface area contributed by atoms with Gasteiger partial charge in [0.05, 0.1) is 15.7 Å². The Hall–Kier alpha value is -2.91. The van der Waals surface area contributed by atoms with Gasteiger partial charge in [0.15, 0.2) is 5.71 Å². The predicted octanol–water partition coefficient (Wildman–Crippen LogP) is 3.88. The molecule has 4 rings (SSSR count). The summed E-state index contributed by atoms with van der Waals surface area (Å²) in [5.74, 6) is 0.428. The van der Waals surface area contributed by atoms with Crippen molar-refractivity contribution in [1.29, 1.82) is 0 Å². The minimum absolute atomic E-state index is 0.133. The first-order valence-electron chi connectivity index (χ1n) is 13.7. The van der Waals surface area contributed by atoms with E-state index in [1.54, 1.807) is 0 Å². The van der Waals surface area contributed by atoms with E-state index >= 15 is 0 Å². The van der Waals surface area contributed by atoms with E-state index in [0.717, 1.165) is 71.0 Å². The van der Waals surface area contributed by atoms with Crippen molar-refractivity contribution < 1.29 is 32.6 Å². The van der Waals surface area contributed by atoms with Gasteiger partial charge >= 0.3 is 5.97 Å². The monoisotopic (exact) mass is 556 g/mol. The highest BCUT2D eigenvalue weighted by atomic mass is 32.2. The Bertz CT molecular complexity index is 1380. The summed E-state index contributed by atoms with van der Waals surface area (Å²) < 4.78 is 40.2. The van der Waals surface area contributed by atoms with Crippen LogP contribution in [0.4, 0.5) is 5.69 Å². The number of carbonyl (C=O) groups is 1. The third-order valence-electron chi connectivity index (χ3n) is 7.76. The van der Waals surface area contributed by atoms with Gasteiger partial charge in [0, 0.05) is 71.5 Å². The van der Waals surface area contributed by atoms with Crippen LogP contribution in [0.3, 0.4) is 0 Å². The Labute approximate surface area is 231 Å². The molecule has 0 bridgehead atoms. The van der Waals surface area contributed by atoms with E-state index < -0.39 is 21.8 Å². The Kier molecular flexibility index (Phi) is 8.15. The molecule has 0 amide bonds. The Balaban J connectivity index is 1.61. The third-order valence-corrected chi connectivity index (χ3v) is 8.55. The number of carboxylic acid groups (broad SMARTS) is 1. The molecule has 0 spiro atoms. The number of hydrogen-bond acceptors (Lipinski definition) is 6. The minimum Gasteiger partial charge on any atom is -0.748 e. The molecule has 0 aromatic heterocycles. The Morgan fingerprint density at radius 1 is 1.13 bits per heavy atom. The van der Waals surface area contributed by atoms with Crippen LogP contribution in [0, 0.1) is 5.41 Å². The SMILES string of the molecule is CC1=CC(C)(C)N(CCCS(=O)(=O)[O-])c2cc3c(cc21)C=C1C(=CC(=[NH+]CCCCCC(=O)O)CC1(C)C)O3. The summed E-state index contributed by atoms with van der Waals surface area (Å²) in [5, 5.41) is 8.81. The van der Waals surface area contributed by atoms with Gasteiger partial charge in [-0.1, -0.05) is 19.9 Å². The second kappa shape index (κ2) is 10.9. The lowest BCUT2D eigenvalue weighted by Crippen LogP contribution is -2.73. The molecule has 9 heteroatoms. The maximum Gasteiger partial charge on any atom is 0.303 e. The molecule has 0 saturated heterocycles. The fourth-order valence-corrected chi connectivity index (χ4v) is 6.37. The summed E-state index contributed by atoms with van der Waals surface area (Å²) in [6, 6.07) is 4.19. The van der Waals surface area contributed by atoms with Crippen LogP contribution in [-0.2, 0) is 14.9 Å². The first kappa shape index (κ1) is 29.1. The number of ether oxygens (including phenoxy) is 1. The van der Waals surface area contributed by atoms with Crippen molar-refractivity contribution in [3.05, 3.63) is 46.7 Å². The number of nitrogens with zero attached hydrogens (tertiary/aromatic N) is 1. The van der Waals surface area contributed by atoms with E-state index in [4.69, 9.17) is 9.84 Å². The highest BCUT2D eigenvalue weighted by Crippen LogP contribution is 2.48. The number of unbranched alkanes of at least 4 members (excludes halogenated alkanes) is 2. The third kappa shape index (κ3) is 6.81. The second-order valence-corrected chi connectivity index (χ2v) is 13.6. The largest absolute Gasteiger partial charge is 0.748 e. The van der Waals surface area contributed by atoms with Gasteiger partial charge in [-0.3, -0.25) is 4.79 Å². The predicted molar refractivity (Wildman–Crippen MR) is 153 cm³/mol. The van der Waals surface area contributed by atoms with Gasteiger partial charge in [-0.05, 0) is 57.7 Å². The van der Waals surface area contributed by atoms with Gasteiger partial charge in [-0.2, -0.15) is 0 Å². The molecule has 2 aliphatic heterocycles. The van der Waals surface area contributed by atoms with Crippen LogP contribution < -0.4 is 14.6 Å². The zero-order chi connectivity index (χ0) is 28.6. The fraction of sp³-hybridized carbons (Fsp3) is 0.533. The highest BCUT2D eigenvalue weighted by molar-refractivity contribution is 7.85. The van der Waals surface area contributed by atoms with Crippen molar-refractivity contribution in [1.82, 2.24) is 0 Å². The van der Waals surface area contributed by atoms with Crippen LogP contribution in [0.2, 0.25) is 0 Å². The number of nitrogens with one attached hydrogen (secondary N) is 1. The quantitative estimate of drug-likeness (QED) is 0.331. The van der Waals surface area contributed by atoms with Gasteiger partial charge in [0.1, 0.15) is 18.1 Å². The van der Waals surface area contributed by atoms with Gasteiger partial charge in [-0.25, -0.2) is 13.4 Å². The fourth-order valence-electron chi connectivity index (χ4n) is 5.89. The van der Waals surface area contributed by atoms with Crippen molar-refractivity contribution in [2.45, 2.75) is 78.7 Å². The summed E-state index contributed by atoms with van der Waals surface area (Å²) >= 11 is 0. The van der Waals surface area contributed by atoms with E-state index in [2.05, 4.69) is 68.8 Å². The number of anilines is 1. The highest BCUT2D eigenvalue weighted by Gasteiger charge is 2.39. The molecule has 0 atom stereocenters. The van der Waals surface area contributed by atoms with E-state index in [0.29, 0.717) is 13.0 Å². The molecule has 2 N–H and O–H groups in total. The lowest BCUT2D eigenvalue weighted by molar-refractivity contribution is -0.458. The van der Waals surface area contributed by atoms with E-state index in [-0.39, 0.29) is 23.8 Å². The van der Waals surface area contributed by atoms with Crippen molar-refractivity contribution >= 4 is 39.1 Å². The molecular formula is C30H40N2O6S. The zero-order valence-electron chi connectivity index (χ0n) is 23.6. The summed E-state index contributed by atoms with van der Waals surface area (Å²) in [5.41, 5.74) is 5.98. The Morgan fingerprint density at radius 3 is 2.56 bits per heavy atom. The number of aliphatic carboxylic acids is 1. The second-order valence-electron chi connectivity index (χ2n) is 12.0. The van der Waals surface area contributed by atoms with Crippen molar-refractivity contribution in [2.75, 3.05) is 23.7 Å². The maximum absolute atomic E-state index is 11.2. The molecule has 212 valence electrons. The molecule has 0 fully saturated rings. The lowest BCUT2D eigenvalue weighted by atomic mass is 9.73. The summed E-state index contributed by atoms with van der Waals surface area (Å²) in [7, 11) is -4.27. The van der Waals surface area contributed by atoms with Crippen LogP contribution in [0.1, 0.15) is 84.3 Å². The van der Waals surface area contributed by atoms with Gasteiger partial charge in [0.2, 0.25) is 0 Å². The van der Waals surface area contributed by atoms with Crippen LogP contribution in [-0.4, -0.2) is 54.1 Å². The standard InChI is InChI=1S/C30H40N2O6S/c1-20-18-30(4,5)32(12-9-13-39(35,36)37)25-17-26-21(14-23(20)25)15-24-27(38-26)16-22(19-29(24,2)3)31-11-8-6-7-10-28(33)34/h14-18H,6-13,19H2,1-5H3,(H,33,34)(H,35,36,37). The van der Waals surface area contributed by atoms with Crippen molar-refractivity contribution in [2.24, 2.45) is 5.41 Å². The molecule has 1 aliphatic carbocycles. The number of hydrogen-bond donors (Lipinski definition) is 2. The number of rotatable bonds is 10. The van der Waals surface area contributed by atoms with E-state index in [1.165, 1.54) is 0 Å². The normalized spacial score (nSPS) is 20.2. The summed E-state index contributed by atoms with van der Waals surface area (Å²) in [6.45, 7) is 11.9. The average Bonchev–Trinajstić information content (AvgIpc) is 2.80.